The molecule has 19 heavy (non-hydrogen) atoms. The van der Waals surface area contributed by atoms with Crippen molar-refractivity contribution in [1.82, 2.24) is 0 Å². The van der Waals surface area contributed by atoms with Crippen molar-refractivity contribution in [2.45, 2.75) is 52.6 Å². The van der Waals surface area contributed by atoms with Gasteiger partial charge in [0.25, 0.3) is 0 Å². The molecule has 1 aromatic carbocycles. The van der Waals surface area contributed by atoms with Crippen LogP contribution < -0.4 is 10.5 Å². The summed E-state index contributed by atoms with van der Waals surface area (Å²) in [4.78, 5) is 0. The van der Waals surface area contributed by atoms with Crippen LogP contribution in [-0.2, 0) is 0 Å². The minimum Gasteiger partial charge on any atom is -0.489 e. The highest BCUT2D eigenvalue weighted by Crippen LogP contribution is 2.35. The Morgan fingerprint density at radius 1 is 1.21 bits per heavy atom. The third-order valence-corrected chi connectivity index (χ3v) is 4.90. The number of nitrogen functional groups attached to an aromatic ring is 1. The summed E-state index contributed by atoms with van der Waals surface area (Å²) in [5.74, 6) is 2.60. The van der Waals surface area contributed by atoms with Gasteiger partial charge in [0.05, 0.1) is 10.6 Å². The van der Waals surface area contributed by atoms with Gasteiger partial charge in [-0.2, -0.15) is 0 Å². The molecular weight excluding hydrogens is 302 g/mol. The standard InChI is InChI=1S/C16H24BrNO/c1-10(2)12-4-6-13(7-5-12)19-16-8-11(3)15(18)9-14(16)17/h8-10,12-13H,4-7,18H2,1-3H3. The van der Waals surface area contributed by atoms with Crippen LogP contribution in [0.2, 0.25) is 0 Å². The van der Waals surface area contributed by atoms with Crippen LogP contribution in [0.25, 0.3) is 0 Å². The van der Waals surface area contributed by atoms with E-state index in [-0.39, 0.29) is 0 Å². The van der Waals surface area contributed by atoms with E-state index in [1.807, 2.05) is 19.1 Å². The van der Waals surface area contributed by atoms with Gasteiger partial charge in [-0.05, 0) is 78.1 Å². The zero-order chi connectivity index (χ0) is 14.0. The molecule has 0 aliphatic heterocycles. The highest BCUT2D eigenvalue weighted by Gasteiger charge is 2.24. The average molecular weight is 326 g/mol. The molecule has 1 saturated carbocycles. The lowest BCUT2D eigenvalue weighted by Gasteiger charge is -2.31. The molecule has 0 aromatic heterocycles. The Morgan fingerprint density at radius 2 is 1.84 bits per heavy atom. The Balaban J connectivity index is 1.98. The number of hydrogen-bond donors (Lipinski definition) is 1. The smallest absolute Gasteiger partial charge is 0.134 e. The lowest BCUT2D eigenvalue weighted by atomic mass is 9.80. The van der Waals surface area contributed by atoms with Gasteiger partial charge in [0.2, 0.25) is 0 Å². The molecule has 0 atom stereocenters. The van der Waals surface area contributed by atoms with Gasteiger partial charge < -0.3 is 10.5 Å². The molecule has 0 radical (unpaired) electrons. The molecule has 0 saturated heterocycles. The Morgan fingerprint density at radius 3 is 2.42 bits per heavy atom. The quantitative estimate of drug-likeness (QED) is 0.799. The number of aryl methyl sites for hydroxylation is 1. The Hall–Kier alpha value is -0.700. The van der Waals surface area contributed by atoms with Gasteiger partial charge in [-0.15, -0.1) is 0 Å². The maximum absolute atomic E-state index is 6.15. The van der Waals surface area contributed by atoms with Crippen LogP contribution in [0.4, 0.5) is 5.69 Å². The largest absolute Gasteiger partial charge is 0.489 e. The maximum Gasteiger partial charge on any atom is 0.134 e. The number of hydrogen-bond acceptors (Lipinski definition) is 2. The van der Waals surface area contributed by atoms with E-state index in [0.29, 0.717) is 6.10 Å². The molecule has 0 unspecified atom stereocenters. The lowest BCUT2D eigenvalue weighted by molar-refractivity contribution is 0.116. The van der Waals surface area contributed by atoms with Crippen molar-refractivity contribution in [3.63, 3.8) is 0 Å². The fraction of sp³-hybridized carbons (Fsp3) is 0.625. The molecule has 2 nitrogen and oxygen atoms in total. The molecule has 1 aliphatic rings. The van der Waals surface area contributed by atoms with E-state index in [1.165, 1.54) is 25.7 Å². The topological polar surface area (TPSA) is 35.2 Å². The summed E-state index contributed by atoms with van der Waals surface area (Å²) in [7, 11) is 0. The van der Waals surface area contributed by atoms with Crippen LogP contribution in [0.5, 0.6) is 5.75 Å². The van der Waals surface area contributed by atoms with E-state index >= 15 is 0 Å². The summed E-state index contributed by atoms with van der Waals surface area (Å²) in [5.41, 5.74) is 7.77. The molecule has 0 heterocycles. The third kappa shape index (κ3) is 3.65. The van der Waals surface area contributed by atoms with Crippen molar-refractivity contribution in [3.8, 4) is 5.75 Å². The summed E-state index contributed by atoms with van der Waals surface area (Å²) in [6.07, 6.45) is 5.26. The second-order valence-electron chi connectivity index (χ2n) is 6.04. The summed E-state index contributed by atoms with van der Waals surface area (Å²) in [6, 6.07) is 3.97. The first-order chi connectivity index (χ1) is 8.97. The van der Waals surface area contributed by atoms with E-state index in [9.17, 15) is 0 Å². The number of rotatable bonds is 3. The molecule has 1 aliphatic carbocycles. The number of nitrogens with two attached hydrogens (primary N) is 1. The van der Waals surface area contributed by atoms with E-state index in [0.717, 1.165) is 33.3 Å². The van der Waals surface area contributed by atoms with E-state index in [1.54, 1.807) is 0 Å². The van der Waals surface area contributed by atoms with Crippen molar-refractivity contribution in [3.05, 3.63) is 22.2 Å². The van der Waals surface area contributed by atoms with Gasteiger partial charge in [0.15, 0.2) is 0 Å². The van der Waals surface area contributed by atoms with Crippen LogP contribution in [-0.4, -0.2) is 6.10 Å². The SMILES string of the molecule is Cc1cc(OC2CCC(C(C)C)CC2)c(Br)cc1N. The summed E-state index contributed by atoms with van der Waals surface area (Å²) >= 11 is 3.54. The second-order valence-corrected chi connectivity index (χ2v) is 6.89. The molecule has 3 heteroatoms. The van der Waals surface area contributed by atoms with Crippen LogP contribution in [0, 0.1) is 18.8 Å². The van der Waals surface area contributed by atoms with E-state index in [4.69, 9.17) is 10.5 Å². The Kier molecular flexibility index (Phi) is 4.77. The second kappa shape index (κ2) is 6.17. The summed E-state index contributed by atoms with van der Waals surface area (Å²) in [6.45, 7) is 6.67. The molecule has 2 N–H and O–H groups in total. The van der Waals surface area contributed by atoms with Gasteiger partial charge in [0.1, 0.15) is 5.75 Å². The predicted octanol–water partition coefficient (Wildman–Crippen LogP) is 4.93. The first-order valence-corrected chi connectivity index (χ1v) is 7.99. The van der Waals surface area contributed by atoms with Crippen molar-refractivity contribution in [2.24, 2.45) is 11.8 Å². The molecule has 0 spiro atoms. The van der Waals surface area contributed by atoms with E-state index in [2.05, 4.69) is 29.8 Å². The minimum atomic E-state index is 0.356. The molecule has 2 rings (SSSR count). The van der Waals surface area contributed by atoms with Crippen LogP contribution in [0.1, 0.15) is 45.1 Å². The summed E-state index contributed by atoms with van der Waals surface area (Å²) in [5, 5.41) is 0. The number of anilines is 1. The lowest BCUT2D eigenvalue weighted by Crippen LogP contribution is -2.26. The van der Waals surface area contributed by atoms with Gasteiger partial charge in [-0.3, -0.25) is 0 Å². The highest BCUT2D eigenvalue weighted by molar-refractivity contribution is 9.10. The molecular formula is C16H24BrNO. The first kappa shape index (κ1) is 14.7. The van der Waals surface area contributed by atoms with Gasteiger partial charge in [0, 0.05) is 5.69 Å². The fourth-order valence-electron chi connectivity index (χ4n) is 2.81. The van der Waals surface area contributed by atoms with Crippen LogP contribution >= 0.6 is 15.9 Å². The van der Waals surface area contributed by atoms with Crippen molar-refractivity contribution >= 4 is 21.6 Å². The predicted molar refractivity (Wildman–Crippen MR) is 84.5 cm³/mol. The molecule has 0 amide bonds. The van der Waals surface area contributed by atoms with Crippen molar-refractivity contribution < 1.29 is 4.74 Å². The van der Waals surface area contributed by atoms with Gasteiger partial charge in [-0.1, -0.05) is 13.8 Å². The monoisotopic (exact) mass is 325 g/mol. The zero-order valence-corrected chi connectivity index (χ0v) is 13.7. The van der Waals surface area contributed by atoms with Crippen LogP contribution in [0.15, 0.2) is 16.6 Å². The highest BCUT2D eigenvalue weighted by atomic mass is 79.9. The maximum atomic E-state index is 6.15. The normalized spacial score (nSPS) is 23.6. The first-order valence-electron chi connectivity index (χ1n) is 7.19. The molecule has 106 valence electrons. The average Bonchev–Trinajstić information content (AvgIpc) is 2.36. The van der Waals surface area contributed by atoms with E-state index < -0.39 is 0 Å². The molecule has 1 fully saturated rings. The minimum absolute atomic E-state index is 0.356. The fourth-order valence-corrected chi connectivity index (χ4v) is 3.27. The van der Waals surface area contributed by atoms with Gasteiger partial charge in [-0.25, -0.2) is 0 Å². The third-order valence-electron chi connectivity index (χ3n) is 4.28. The number of halogens is 1. The molecule has 0 bridgehead atoms. The Bertz CT molecular complexity index is 437. The van der Waals surface area contributed by atoms with Crippen molar-refractivity contribution in [2.75, 3.05) is 5.73 Å². The van der Waals surface area contributed by atoms with Gasteiger partial charge >= 0.3 is 0 Å². The molecule has 1 aromatic rings. The number of ether oxygens (including phenoxy) is 1. The number of benzene rings is 1. The zero-order valence-electron chi connectivity index (χ0n) is 12.1. The summed E-state index contributed by atoms with van der Waals surface area (Å²) < 4.78 is 7.11. The van der Waals surface area contributed by atoms with Crippen molar-refractivity contribution in [1.29, 1.82) is 0 Å². The Labute approximate surface area is 124 Å². The van der Waals surface area contributed by atoms with Crippen LogP contribution in [0.3, 0.4) is 0 Å².